The molecule has 2 N–H and O–H groups in total. The van der Waals surface area contributed by atoms with Gasteiger partial charge in [-0.15, -0.1) is 0 Å². The zero-order valence-electron chi connectivity index (χ0n) is 7.33. The fourth-order valence-corrected chi connectivity index (χ4v) is 1.54. The van der Waals surface area contributed by atoms with Gasteiger partial charge in [0.15, 0.2) is 0 Å². The van der Waals surface area contributed by atoms with Crippen LogP contribution in [0.1, 0.15) is 5.56 Å². The number of benzene rings is 2. The molecule has 0 aromatic heterocycles. The zero-order valence-corrected chi connectivity index (χ0v) is 7.33. The number of fused-ring (bicyclic) bond motifs is 1. The van der Waals surface area contributed by atoms with E-state index < -0.39 is 0 Å². The van der Waals surface area contributed by atoms with Crippen LogP contribution in [0, 0.1) is 0 Å². The van der Waals surface area contributed by atoms with Crippen molar-refractivity contribution in [3.8, 4) is 0 Å². The maximum absolute atomic E-state index is 5.85. The lowest BCUT2D eigenvalue weighted by atomic mass is 10.0. The van der Waals surface area contributed by atoms with Gasteiger partial charge in [-0.2, -0.15) is 0 Å². The van der Waals surface area contributed by atoms with Crippen LogP contribution in [0.15, 0.2) is 43.0 Å². The van der Waals surface area contributed by atoms with E-state index in [0.717, 1.165) is 22.0 Å². The predicted molar refractivity (Wildman–Crippen MR) is 58.5 cm³/mol. The molecule has 0 atom stereocenters. The van der Waals surface area contributed by atoms with Crippen molar-refractivity contribution in [3.63, 3.8) is 0 Å². The minimum Gasteiger partial charge on any atom is -0.398 e. The van der Waals surface area contributed by atoms with Crippen LogP contribution in [-0.4, -0.2) is 0 Å². The minimum absolute atomic E-state index is 0.821. The molecule has 64 valence electrons. The molecular weight excluding hydrogens is 158 g/mol. The number of nitrogen functional groups attached to an aromatic ring is 1. The van der Waals surface area contributed by atoms with E-state index in [9.17, 15) is 0 Å². The van der Waals surface area contributed by atoms with Crippen molar-refractivity contribution < 1.29 is 0 Å². The van der Waals surface area contributed by atoms with Crippen molar-refractivity contribution in [1.82, 2.24) is 0 Å². The SMILES string of the molecule is C=Cc1cccc2c(N)cccc12. The molecule has 0 fully saturated rings. The van der Waals surface area contributed by atoms with Crippen LogP contribution in [-0.2, 0) is 0 Å². The molecule has 0 aliphatic rings. The zero-order chi connectivity index (χ0) is 9.26. The van der Waals surface area contributed by atoms with E-state index in [-0.39, 0.29) is 0 Å². The molecule has 0 amide bonds. The summed E-state index contributed by atoms with van der Waals surface area (Å²) >= 11 is 0. The Bertz CT molecular complexity index is 458. The predicted octanol–water partition coefficient (Wildman–Crippen LogP) is 3.07. The van der Waals surface area contributed by atoms with Crippen molar-refractivity contribution in [3.05, 3.63) is 48.5 Å². The molecule has 2 rings (SSSR count). The summed E-state index contributed by atoms with van der Waals surface area (Å²) in [5.74, 6) is 0. The molecule has 0 spiro atoms. The summed E-state index contributed by atoms with van der Waals surface area (Å²) in [5, 5.41) is 2.26. The normalized spacial score (nSPS) is 10.2. The van der Waals surface area contributed by atoms with E-state index in [1.165, 1.54) is 0 Å². The first-order valence-corrected chi connectivity index (χ1v) is 4.22. The van der Waals surface area contributed by atoms with Crippen LogP contribution in [0.4, 0.5) is 5.69 Å². The van der Waals surface area contributed by atoms with Gasteiger partial charge in [0.2, 0.25) is 0 Å². The number of rotatable bonds is 1. The molecule has 2 aromatic carbocycles. The Morgan fingerprint density at radius 2 is 1.69 bits per heavy atom. The summed E-state index contributed by atoms with van der Waals surface area (Å²) in [6.45, 7) is 3.77. The molecule has 2 aromatic rings. The van der Waals surface area contributed by atoms with E-state index in [2.05, 4.69) is 12.6 Å². The molecule has 0 saturated carbocycles. The van der Waals surface area contributed by atoms with E-state index in [4.69, 9.17) is 5.73 Å². The summed E-state index contributed by atoms with van der Waals surface area (Å²) in [7, 11) is 0. The molecule has 0 radical (unpaired) electrons. The van der Waals surface area contributed by atoms with Gasteiger partial charge >= 0.3 is 0 Å². The highest BCUT2D eigenvalue weighted by Crippen LogP contribution is 2.24. The lowest BCUT2D eigenvalue weighted by Crippen LogP contribution is -1.87. The first kappa shape index (κ1) is 7.87. The Kier molecular flexibility index (Phi) is 1.78. The van der Waals surface area contributed by atoms with Gasteiger partial charge in [-0.3, -0.25) is 0 Å². The topological polar surface area (TPSA) is 26.0 Å². The highest BCUT2D eigenvalue weighted by Gasteiger charge is 1.98. The lowest BCUT2D eigenvalue weighted by molar-refractivity contribution is 1.70. The molecule has 0 saturated heterocycles. The molecule has 0 heterocycles. The van der Waals surface area contributed by atoms with E-state index in [0.29, 0.717) is 0 Å². The Hall–Kier alpha value is -1.76. The van der Waals surface area contributed by atoms with Crippen LogP contribution in [0.3, 0.4) is 0 Å². The fraction of sp³-hybridized carbons (Fsp3) is 0. The van der Waals surface area contributed by atoms with Gasteiger partial charge in [-0.05, 0) is 17.0 Å². The highest BCUT2D eigenvalue weighted by molar-refractivity contribution is 5.97. The number of hydrogen-bond donors (Lipinski definition) is 1. The van der Waals surface area contributed by atoms with E-state index in [1.807, 2.05) is 36.4 Å². The molecular formula is C12H11N. The Morgan fingerprint density at radius 1 is 1.00 bits per heavy atom. The second-order valence-corrected chi connectivity index (χ2v) is 2.99. The van der Waals surface area contributed by atoms with Gasteiger partial charge in [-0.25, -0.2) is 0 Å². The summed E-state index contributed by atoms with van der Waals surface area (Å²) in [5.41, 5.74) is 7.80. The van der Waals surface area contributed by atoms with Gasteiger partial charge in [0.05, 0.1) is 0 Å². The Morgan fingerprint density at radius 3 is 2.46 bits per heavy atom. The number of nitrogens with two attached hydrogens (primary N) is 1. The van der Waals surface area contributed by atoms with Crippen molar-refractivity contribution in [2.24, 2.45) is 0 Å². The smallest absolute Gasteiger partial charge is 0.0393 e. The van der Waals surface area contributed by atoms with Crippen LogP contribution < -0.4 is 5.73 Å². The van der Waals surface area contributed by atoms with Crippen LogP contribution >= 0.6 is 0 Å². The molecule has 0 unspecified atom stereocenters. The van der Waals surface area contributed by atoms with Crippen LogP contribution in [0.5, 0.6) is 0 Å². The van der Waals surface area contributed by atoms with Crippen molar-refractivity contribution >= 4 is 22.5 Å². The average molecular weight is 169 g/mol. The van der Waals surface area contributed by atoms with Gasteiger partial charge in [0.1, 0.15) is 0 Å². The van der Waals surface area contributed by atoms with Gasteiger partial charge in [0.25, 0.3) is 0 Å². The number of anilines is 1. The lowest BCUT2D eigenvalue weighted by Gasteiger charge is -2.03. The summed E-state index contributed by atoms with van der Waals surface area (Å²) < 4.78 is 0. The summed E-state index contributed by atoms with van der Waals surface area (Å²) in [6.07, 6.45) is 1.85. The average Bonchev–Trinajstić information content (AvgIpc) is 2.18. The summed E-state index contributed by atoms with van der Waals surface area (Å²) in [4.78, 5) is 0. The minimum atomic E-state index is 0.821. The monoisotopic (exact) mass is 169 g/mol. The maximum atomic E-state index is 5.85. The molecule has 0 aliphatic heterocycles. The molecule has 0 aliphatic carbocycles. The van der Waals surface area contributed by atoms with Gasteiger partial charge in [0, 0.05) is 11.1 Å². The van der Waals surface area contributed by atoms with Gasteiger partial charge < -0.3 is 5.73 Å². The van der Waals surface area contributed by atoms with Crippen molar-refractivity contribution in [2.75, 3.05) is 5.73 Å². The van der Waals surface area contributed by atoms with Crippen LogP contribution in [0.25, 0.3) is 16.8 Å². The van der Waals surface area contributed by atoms with E-state index in [1.54, 1.807) is 0 Å². The van der Waals surface area contributed by atoms with Crippen LogP contribution in [0.2, 0.25) is 0 Å². The number of hydrogen-bond acceptors (Lipinski definition) is 1. The molecule has 0 bridgehead atoms. The highest BCUT2D eigenvalue weighted by atomic mass is 14.5. The molecule has 1 heteroatoms. The maximum Gasteiger partial charge on any atom is 0.0393 e. The van der Waals surface area contributed by atoms with E-state index >= 15 is 0 Å². The third kappa shape index (κ3) is 1.18. The molecule has 13 heavy (non-hydrogen) atoms. The first-order chi connectivity index (χ1) is 6.33. The fourth-order valence-electron chi connectivity index (χ4n) is 1.54. The quantitative estimate of drug-likeness (QED) is 0.652. The standard InChI is InChI=1S/C12H11N/c1-2-9-5-3-7-11-10(9)6-4-8-12(11)13/h2-8H,1,13H2. The Labute approximate surface area is 77.5 Å². The third-order valence-corrected chi connectivity index (χ3v) is 2.21. The summed E-state index contributed by atoms with van der Waals surface area (Å²) in [6, 6.07) is 12.0. The second kappa shape index (κ2) is 2.94. The first-order valence-electron chi connectivity index (χ1n) is 4.22. The molecule has 1 nitrogen and oxygen atoms in total. The van der Waals surface area contributed by atoms with Gasteiger partial charge in [-0.1, -0.05) is 43.0 Å². The Balaban J connectivity index is 2.92. The third-order valence-electron chi connectivity index (χ3n) is 2.21. The largest absolute Gasteiger partial charge is 0.398 e. The van der Waals surface area contributed by atoms with Crippen molar-refractivity contribution in [2.45, 2.75) is 0 Å². The second-order valence-electron chi connectivity index (χ2n) is 2.99. The van der Waals surface area contributed by atoms with Crippen molar-refractivity contribution in [1.29, 1.82) is 0 Å².